The van der Waals surface area contributed by atoms with Crippen LogP contribution < -0.4 is 11.1 Å². The van der Waals surface area contributed by atoms with E-state index in [4.69, 9.17) is 5.73 Å². The number of thioether (sulfide) groups is 1. The molecule has 0 aliphatic carbocycles. The first kappa shape index (κ1) is 13.6. The maximum atomic E-state index is 5.67. The topological polar surface area (TPSA) is 94.5 Å². The van der Waals surface area contributed by atoms with Gasteiger partial charge in [-0.15, -0.1) is 0 Å². The van der Waals surface area contributed by atoms with Crippen molar-refractivity contribution in [1.29, 1.82) is 0 Å². The molecule has 3 N–H and O–H groups in total. The van der Waals surface area contributed by atoms with E-state index in [1.54, 1.807) is 23.1 Å². The zero-order chi connectivity index (χ0) is 13.5. The standard InChI is InChI=1S/C11H17N7S/c1-19-8-3-2-5-13-10-15-9(12)16-11(17-10)18-7-4-6-14-18/h4,6-7H,2-3,5,8H2,1H3,(H3,12,13,15,16,17). The van der Waals surface area contributed by atoms with Crippen LogP contribution in [0.1, 0.15) is 12.8 Å². The monoisotopic (exact) mass is 279 g/mol. The summed E-state index contributed by atoms with van der Waals surface area (Å²) >= 11 is 1.85. The van der Waals surface area contributed by atoms with Crippen molar-refractivity contribution in [2.24, 2.45) is 0 Å². The Morgan fingerprint density at radius 3 is 2.95 bits per heavy atom. The molecule has 8 heteroatoms. The van der Waals surface area contributed by atoms with Gasteiger partial charge in [-0.1, -0.05) is 0 Å². The second kappa shape index (κ2) is 6.93. The summed E-state index contributed by atoms with van der Waals surface area (Å²) in [4.78, 5) is 12.4. The second-order valence-electron chi connectivity index (χ2n) is 3.89. The molecule has 0 fully saturated rings. The van der Waals surface area contributed by atoms with Gasteiger partial charge in [0.25, 0.3) is 5.95 Å². The van der Waals surface area contributed by atoms with Crippen molar-refractivity contribution < 1.29 is 0 Å². The molecular weight excluding hydrogens is 262 g/mol. The Bertz CT molecular complexity index is 500. The van der Waals surface area contributed by atoms with Gasteiger partial charge in [-0.3, -0.25) is 0 Å². The van der Waals surface area contributed by atoms with Gasteiger partial charge in [0.2, 0.25) is 11.9 Å². The molecule has 0 spiro atoms. The fraction of sp³-hybridized carbons (Fsp3) is 0.455. The van der Waals surface area contributed by atoms with Gasteiger partial charge in [-0.05, 0) is 30.9 Å². The molecule has 0 amide bonds. The van der Waals surface area contributed by atoms with Crippen LogP contribution in [0, 0.1) is 0 Å². The molecule has 2 aromatic heterocycles. The van der Waals surface area contributed by atoms with Crippen molar-refractivity contribution >= 4 is 23.7 Å². The minimum absolute atomic E-state index is 0.187. The molecule has 2 rings (SSSR count). The van der Waals surface area contributed by atoms with Gasteiger partial charge >= 0.3 is 0 Å². The average molecular weight is 279 g/mol. The van der Waals surface area contributed by atoms with Gasteiger partial charge in [0.15, 0.2) is 0 Å². The third-order valence-electron chi connectivity index (χ3n) is 2.41. The predicted molar refractivity (Wildman–Crippen MR) is 77.5 cm³/mol. The Kier molecular flexibility index (Phi) is 4.96. The lowest BCUT2D eigenvalue weighted by Gasteiger charge is -2.06. The Balaban J connectivity index is 1.97. The quantitative estimate of drug-likeness (QED) is 0.735. The molecule has 2 heterocycles. The second-order valence-corrected chi connectivity index (χ2v) is 4.88. The Morgan fingerprint density at radius 1 is 1.32 bits per heavy atom. The summed E-state index contributed by atoms with van der Waals surface area (Å²) in [5.41, 5.74) is 5.67. The van der Waals surface area contributed by atoms with E-state index in [9.17, 15) is 0 Å². The lowest BCUT2D eigenvalue weighted by molar-refractivity contribution is 0.790. The minimum atomic E-state index is 0.187. The normalized spacial score (nSPS) is 10.6. The maximum absolute atomic E-state index is 5.67. The first-order chi connectivity index (χ1) is 9.29. The Morgan fingerprint density at radius 2 is 2.21 bits per heavy atom. The van der Waals surface area contributed by atoms with Crippen molar-refractivity contribution in [3.8, 4) is 5.95 Å². The van der Waals surface area contributed by atoms with E-state index in [2.05, 4.69) is 31.6 Å². The summed E-state index contributed by atoms with van der Waals surface area (Å²) in [6.07, 6.45) is 7.77. The molecule has 0 atom stereocenters. The van der Waals surface area contributed by atoms with Crippen LogP contribution in [0.25, 0.3) is 5.95 Å². The number of aromatic nitrogens is 5. The van der Waals surface area contributed by atoms with Crippen molar-refractivity contribution in [3.05, 3.63) is 18.5 Å². The third kappa shape index (κ3) is 4.09. The fourth-order valence-corrected chi connectivity index (χ4v) is 2.01. The number of anilines is 2. The minimum Gasteiger partial charge on any atom is -0.368 e. The molecule has 0 radical (unpaired) electrons. The van der Waals surface area contributed by atoms with Gasteiger partial charge in [0.1, 0.15) is 0 Å². The number of nitrogen functional groups attached to an aromatic ring is 1. The largest absolute Gasteiger partial charge is 0.368 e. The lowest BCUT2D eigenvalue weighted by atomic mass is 10.3. The van der Waals surface area contributed by atoms with Crippen LogP contribution >= 0.6 is 11.8 Å². The number of hydrogen-bond donors (Lipinski definition) is 2. The maximum Gasteiger partial charge on any atom is 0.257 e. The zero-order valence-electron chi connectivity index (χ0n) is 10.8. The molecule has 0 saturated carbocycles. The molecule has 19 heavy (non-hydrogen) atoms. The molecule has 7 nitrogen and oxygen atoms in total. The average Bonchev–Trinajstić information content (AvgIpc) is 2.92. The fourth-order valence-electron chi connectivity index (χ4n) is 1.52. The predicted octanol–water partition coefficient (Wildman–Crippen LogP) is 1.19. The highest BCUT2D eigenvalue weighted by molar-refractivity contribution is 7.98. The van der Waals surface area contributed by atoms with Gasteiger partial charge in [0, 0.05) is 18.9 Å². The molecule has 0 saturated heterocycles. The molecular formula is C11H17N7S. The smallest absolute Gasteiger partial charge is 0.257 e. The SMILES string of the molecule is CSCCCCNc1nc(N)nc(-n2cccn2)n1. The third-order valence-corrected chi connectivity index (χ3v) is 3.11. The molecule has 2 aromatic rings. The van der Waals surface area contributed by atoms with Crippen LogP contribution in [-0.4, -0.2) is 43.3 Å². The van der Waals surface area contributed by atoms with Gasteiger partial charge in [-0.2, -0.15) is 31.8 Å². The summed E-state index contributed by atoms with van der Waals surface area (Å²) in [5, 5.41) is 7.22. The zero-order valence-corrected chi connectivity index (χ0v) is 11.6. The Labute approximate surface area is 116 Å². The Hall–Kier alpha value is -1.83. The van der Waals surface area contributed by atoms with Crippen LogP contribution in [0.3, 0.4) is 0 Å². The summed E-state index contributed by atoms with van der Waals surface area (Å²) in [5.74, 6) is 2.26. The van der Waals surface area contributed by atoms with E-state index < -0.39 is 0 Å². The van der Waals surface area contributed by atoms with Crippen molar-refractivity contribution in [2.75, 3.05) is 29.6 Å². The first-order valence-electron chi connectivity index (χ1n) is 6.04. The highest BCUT2D eigenvalue weighted by Crippen LogP contribution is 2.07. The molecule has 0 aliphatic rings. The van der Waals surface area contributed by atoms with Gasteiger partial charge in [-0.25, -0.2) is 4.68 Å². The molecule has 0 aromatic carbocycles. The highest BCUT2D eigenvalue weighted by Gasteiger charge is 2.05. The van der Waals surface area contributed by atoms with Gasteiger partial charge < -0.3 is 11.1 Å². The van der Waals surface area contributed by atoms with Crippen LogP contribution in [0.4, 0.5) is 11.9 Å². The van der Waals surface area contributed by atoms with E-state index in [0.29, 0.717) is 11.9 Å². The van der Waals surface area contributed by atoms with Crippen molar-refractivity contribution in [2.45, 2.75) is 12.8 Å². The summed E-state index contributed by atoms with van der Waals surface area (Å²) in [7, 11) is 0. The van der Waals surface area contributed by atoms with E-state index >= 15 is 0 Å². The summed E-state index contributed by atoms with van der Waals surface area (Å²) in [6, 6.07) is 1.80. The molecule has 0 aliphatic heterocycles. The number of unbranched alkanes of at least 4 members (excludes halogenated alkanes) is 1. The first-order valence-corrected chi connectivity index (χ1v) is 7.43. The van der Waals surface area contributed by atoms with Crippen LogP contribution in [0.5, 0.6) is 0 Å². The van der Waals surface area contributed by atoms with Crippen molar-refractivity contribution in [1.82, 2.24) is 24.7 Å². The summed E-state index contributed by atoms with van der Waals surface area (Å²) in [6.45, 7) is 0.822. The molecule has 0 unspecified atom stereocenters. The van der Waals surface area contributed by atoms with Crippen LogP contribution in [0.15, 0.2) is 18.5 Å². The number of rotatable bonds is 7. The molecule has 102 valence electrons. The van der Waals surface area contributed by atoms with Crippen LogP contribution in [-0.2, 0) is 0 Å². The van der Waals surface area contributed by atoms with E-state index in [0.717, 1.165) is 13.0 Å². The van der Waals surface area contributed by atoms with Gasteiger partial charge in [0.05, 0.1) is 0 Å². The van der Waals surface area contributed by atoms with E-state index in [-0.39, 0.29) is 5.95 Å². The highest BCUT2D eigenvalue weighted by atomic mass is 32.2. The lowest BCUT2D eigenvalue weighted by Crippen LogP contribution is -2.12. The summed E-state index contributed by atoms with van der Waals surface area (Å²) < 4.78 is 1.55. The molecule has 0 bridgehead atoms. The van der Waals surface area contributed by atoms with Crippen molar-refractivity contribution in [3.63, 3.8) is 0 Å². The number of nitrogens with two attached hydrogens (primary N) is 1. The van der Waals surface area contributed by atoms with Crippen LogP contribution in [0.2, 0.25) is 0 Å². The number of nitrogens with zero attached hydrogens (tertiary/aromatic N) is 5. The van der Waals surface area contributed by atoms with E-state index in [1.807, 2.05) is 11.8 Å². The van der Waals surface area contributed by atoms with E-state index in [1.165, 1.54) is 12.2 Å². The number of hydrogen-bond acceptors (Lipinski definition) is 7. The number of nitrogens with one attached hydrogen (secondary N) is 1.